The van der Waals surface area contributed by atoms with Crippen molar-refractivity contribution in [2.24, 2.45) is 0 Å². The van der Waals surface area contributed by atoms with Gasteiger partial charge in [-0.05, 0) is 60.7 Å². The maximum absolute atomic E-state index is 12.9. The molecule has 2 aromatic rings. The van der Waals surface area contributed by atoms with Crippen LogP contribution in [0, 0.1) is 13.8 Å². The molecular weight excluding hydrogens is 398 g/mol. The highest BCUT2D eigenvalue weighted by Gasteiger charge is 2.22. The van der Waals surface area contributed by atoms with Crippen molar-refractivity contribution in [1.29, 1.82) is 0 Å². The van der Waals surface area contributed by atoms with Crippen LogP contribution in [0.2, 0.25) is 5.02 Å². The fraction of sp³-hybridized carbons (Fsp3) is 0.294. The van der Waals surface area contributed by atoms with Gasteiger partial charge in [0, 0.05) is 9.50 Å². The highest BCUT2D eigenvalue weighted by molar-refractivity contribution is 9.10. The second kappa shape index (κ2) is 6.83. The average molecular weight is 417 g/mol. The third-order valence-corrected chi connectivity index (χ3v) is 6.16. The van der Waals surface area contributed by atoms with E-state index < -0.39 is 10.0 Å². The number of sulfonamides is 1. The zero-order chi connectivity index (χ0) is 17.4. The van der Waals surface area contributed by atoms with Crippen LogP contribution in [0.3, 0.4) is 0 Å². The fourth-order valence-electron chi connectivity index (χ4n) is 2.26. The third-order valence-electron chi connectivity index (χ3n) is 3.65. The normalized spacial score (nSPS) is 11.8. The van der Waals surface area contributed by atoms with E-state index in [9.17, 15) is 8.42 Å². The number of halogens is 2. The number of anilines is 1. The van der Waals surface area contributed by atoms with Crippen LogP contribution in [-0.2, 0) is 10.0 Å². The average Bonchev–Trinajstić information content (AvgIpc) is 2.44. The van der Waals surface area contributed by atoms with Crippen LogP contribution >= 0.6 is 27.5 Å². The van der Waals surface area contributed by atoms with Crippen molar-refractivity contribution >= 4 is 43.2 Å². The molecule has 0 fully saturated rings. The van der Waals surface area contributed by atoms with E-state index in [1.807, 2.05) is 33.8 Å². The molecule has 0 amide bonds. The van der Waals surface area contributed by atoms with Gasteiger partial charge in [0.25, 0.3) is 10.0 Å². The van der Waals surface area contributed by atoms with Gasteiger partial charge in [0.15, 0.2) is 0 Å². The number of hydrogen-bond donors (Lipinski definition) is 1. The van der Waals surface area contributed by atoms with Gasteiger partial charge in [-0.25, -0.2) is 8.42 Å². The summed E-state index contributed by atoms with van der Waals surface area (Å²) in [6, 6.07) is 8.71. The topological polar surface area (TPSA) is 46.2 Å². The molecule has 0 spiro atoms. The van der Waals surface area contributed by atoms with Gasteiger partial charge in [0.1, 0.15) is 0 Å². The summed E-state index contributed by atoms with van der Waals surface area (Å²) in [5, 5.41) is 0.490. The van der Waals surface area contributed by atoms with Gasteiger partial charge in [-0.15, -0.1) is 0 Å². The van der Waals surface area contributed by atoms with Crippen molar-refractivity contribution in [3.05, 3.63) is 56.5 Å². The van der Waals surface area contributed by atoms with Gasteiger partial charge < -0.3 is 0 Å². The van der Waals surface area contributed by atoms with E-state index >= 15 is 0 Å². The lowest BCUT2D eigenvalue weighted by Crippen LogP contribution is -2.16. The lowest BCUT2D eigenvalue weighted by atomic mass is 10.0. The summed E-state index contributed by atoms with van der Waals surface area (Å²) in [6.45, 7) is 7.66. The lowest BCUT2D eigenvalue weighted by molar-refractivity contribution is 0.598. The molecule has 0 saturated heterocycles. The summed E-state index contributed by atoms with van der Waals surface area (Å²) in [6.07, 6.45) is 0. The predicted molar refractivity (Wildman–Crippen MR) is 100.0 cm³/mol. The Bertz CT molecular complexity index is 848. The van der Waals surface area contributed by atoms with Crippen LogP contribution in [-0.4, -0.2) is 8.42 Å². The molecule has 0 aliphatic carbocycles. The molecule has 6 heteroatoms. The number of hydrogen-bond acceptors (Lipinski definition) is 2. The van der Waals surface area contributed by atoms with E-state index in [-0.39, 0.29) is 5.92 Å². The Hall–Kier alpha value is -1.04. The Balaban J connectivity index is 2.56. The summed E-state index contributed by atoms with van der Waals surface area (Å²) >= 11 is 9.45. The maximum Gasteiger partial charge on any atom is 0.262 e. The standard InChI is InChI=1S/C17H19BrClNO2S/c1-10(2)14-9-15(18)12(4)7-17(14)23(21,22)20-16-8-13(19)6-5-11(16)3/h5-10,20H,1-4H3. The summed E-state index contributed by atoms with van der Waals surface area (Å²) in [7, 11) is -3.70. The zero-order valence-corrected chi connectivity index (χ0v) is 16.6. The summed E-state index contributed by atoms with van der Waals surface area (Å²) in [5.74, 6) is 0.0823. The Morgan fingerprint density at radius 2 is 1.74 bits per heavy atom. The monoisotopic (exact) mass is 415 g/mol. The smallest absolute Gasteiger partial charge is 0.262 e. The minimum absolute atomic E-state index is 0.0823. The van der Waals surface area contributed by atoms with E-state index in [0.29, 0.717) is 15.6 Å². The molecule has 0 heterocycles. The van der Waals surface area contributed by atoms with Crippen molar-refractivity contribution in [2.75, 3.05) is 4.72 Å². The second-order valence-electron chi connectivity index (χ2n) is 5.86. The first-order valence-corrected chi connectivity index (χ1v) is 9.86. The largest absolute Gasteiger partial charge is 0.279 e. The molecule has 0 aliphatic heterocycles. The van der Waals surface area contributed by atoms with Crippen molar-refractivity contribution in [3.63, 3.8) is 0 Å². The first-order chi connectivity index (χ1) is 10.6. The molecule has 0 aromatic heterocycles. The summed E-state index contributed by atoms with van der Waals surface area (Å²) in [5.41, 5.74) is 2.96. The molecule has 0 bridgehead atoms. The highest BCUT2D eigenvalue weighted by atomic mass is 79.9. The molecule has 0 atom stereocenters. The van der Waals surface area contributed by atoms with Crippen molar-refractivity contribution in [3.8, 4) is 0 Å². The minimum Gasteiger partial charge on any atom is -0.279 e. The molecule has 0 unspecified atom stereocenters. The fourth-order valence-corrected chi connectivity index (χ4v) is 4.35. The zero-order valence-electron chi connectivity index (χ0n) is 13.4. The Morgan fingerprint density at radius 1 is 1.09 bits per heavy atom. The lowest BCUT2D eigenvalue weighted by Gasteiger charge is -2.17. The first kappa shape index (κ1) is 18.3. The Kier molecular flexibility index (Phi) is 5.44. The molecule has 124 valence electrons. The molecule has 0 aliphatic rings. The van der Waals surface area contributed by atoms with Gasteiger partial charge >= 0.3 is 0 Å². The van der Waals surface area contributed by atoms with E-state index in [0.717, 1.165) is 21.2 Å². The highest BCUT2D eigenvalue weighted by Crippen LogP contribution is 2.32. The van der Waals surface area contributed by atoms with Gasteiger partial charge in [0.05, 0.1) is 10.6 Å². The molecule has 1 N–H and O–H groups in total. The molecule has 23 heavy (non-hydrogen) atoms. The molecular formula is C17H19BrClNO2S. The minimum atomic E-state index is -3.70. The van der Waals surface area contributed by atoms with Gasteiger partial charge in [-0.1, -0.05) is 47.4 Å². The van der Waals surface area contributed by atoms with Gasteiger partial charge in [0.2, 0.25) is 0 Å². The quantitative estimate of drug-likeness (QED) is 0.700. The van der Waals surface area contributed by atoms with Crippen molar-refractivity contribution in [2.45, 2.75) is 38.5 Å². The number of benzene rings is 2. The number of rotatable bonds is 4. The van der Waals surface area contributed by atoms with Crippen LogP contribution in [0.5, 0.6) is 0 Å². The van der Waals surface area contributed by atoms with E-state index in [1.54, 1.807) is 24.3 Å². The molecule has 3 nitrogen and oxygen atoms in total. The van der Waals surface area contributed by atoms with Gasteiger partial charge in [-0.3, -0.25) is 4.72 Å². The number of aryl methyl sites for hydroxylation is 2. The molecule has 0 radical (unpaired) electrons. The summed E-state index contributed by atoms with van der Waals surface area (Å²) in [4.78, 5) is 0.299. The molecule has 2 aromatic carbocycles. The second-order valence-corrected chi connectivity index (χ2v) is 8.80. The first-order valence-electron chi connectivity index (χ1n) is 7.21. The van der Waals surface area contributed by atoms with E-state index in [1.165, 1.54) is 0 Å². The van der Waals surface area contributed by atoms with Crippen LogP contribution in [0.25, 0.3) is 0 Å². The molecule has 2 rings (SSSR count). The van der Waals surface area contributed by atoms with Crippen LogP contribution in [0.4, 0.5) is 5.69 Å². The SMILES string of the molecule is Cc1cc(S(=O)(=O)Nc2cc(Cl)ccc2C)c(C(C)C)cc1Br. The van der Waals surface area contributed by atoms with Crippen molar-refractivity contribution < 1.29 is 8.42 Å². The maximum atomic E-state index is 12.9. The van der Waals surface area contributed by atoms with E-state index in [4.69, 9.17) is 11.6 Å². The van der Waals surface area contributed by atoms with Crippen LogP contribution < -0.4 is 4.72 Å². The Labute approximate surface area is 151 Å². The van der Waals surface area contributed by atoms with E-state index in [2.05, 4.69) is 20.7 Å². The summed E-state index contributed by atoms with van der Waals surface area (Å²) < 4.78 is 29.3. The molecule has 0 saturated carbocycles. The van der Waals surface area contributed by atoms with Crippen LogP contribution in [0.1, 0.15) is 36.5 Å². The Morgan fingerprint density at radius 3 is 2.35 bits per heavy atom. The third kappa shape index (κ3) is 4.08. The van der Waals surface area contributed by atoms with Gasteiger partial charge in [-0.2, -0.15) is 0 Å². The van der Waals surface area contributed by atoms with Crippen LogP contribution in [0.15, 0.2) is 39.7 Å². The predicted octanol–water partition coefficient (Wildman–Crippen LogP) is 5.64. The number of nitrogens with one attached hydrogen (secondary N) is 1. The van der Waals surface area contributed by atoms with Crippen molar-refractivity contribution in [1.82, 2.24) is 0 Å².